The molecular weight excluding hydrogens is 186 g/mol. The maximum Gasteiger partial charge on any atom is 0.115 e. The van der Waals surface area contributed by atoms with Crippen molar-refractivity contribution in [3.8, 4) is 5.75 Å². The molecule has 0 saturated carbocycles. The minimum Gasteiger partial charge on any atom is -0.508 e. The molecule has 3 N–H and O–H groups in total. The first-order valence-corrected chi connectivity index (χ1v) is 5.41. The number of aromatic hydroxyl groups is 1. The molecule has 15 heavy (non-hydrogen) atoms. The van der Waals surface area contributed by atoms with E-state index in [0.29, 0.717) is 18.2 Å². The maximum absolute atomic E-state index is 9.37. The first-order chi connectivity index (χ1) is 6.93. The Balaban J connectivity index is 2.76. The molecule has 0 aliphatic rings. The average Bonchev–Trinajstić information content (AvgIpc) is 2.12. The van der Waals surface area contributed by atoms with Gasteiger partial charge in [0.1, 0.15) is 5.75 Å². The molecule has 0 heterocycles. The molecule has 2 heteroatoms. The standard InChI is InChI=1S/C13H21NO/c1-13(2,3)11(9-14)7-10-5-4-6-12(15)8-10/h4-6,8,11,15H,7,9,14H2,1-3H3. The van der Waals surface area contributed by atoms with Crippen molar-refractivity contribution in [3.05, 3.63) is 29.8 Å². The topological polar surface area (TPSA) is 46.2 Å². The molecule has 0 amide bonds. The Labute approximate surface area is 92.1 Å². The third-order valence-electron chi connectivity index (χ3n) is 2.90. The Kier molecular flexibility index (Phi) is 3.75. The monoisotopic (exact) mass is 207 g/mol. The number of phenolic OH excluding ortho intramolecular Hbond substituents is 1. The van der Waals surface area contributed by atoms with Crippen LogP contribution in [0.15, 0.2) is 24.3 Å². The quantitative estimate of drug-likeness (QED) is 0.800. The number of hydrogen-bond acceptors (Lipinski definition) is 2. The van der Waals surface area contributed by atoms with Crippen molar-refractivity contribution in [1.82, 2.24) is 0 Å². The first-order valence-electron chi connectivity index (χ1n) is 5.41. The van der Waals surface area contributed by atoms with Crippen LogP contribution in [0, 0.1) is 11.3 Å². The fraction of sp³-hybridized carbons (Fsp3) is 0.538. The highest BCUT2D eigenvalue weighted by Gasteiger charge is 2.23. The van der Waals surface area contributed by atoms with Crippen LogP contribution in [0.3, 0.4) is 0 Å². The molecule has 0 aliphatic carbocycles. The number of nitrogens with two attached hydrogens (primary N) is 1. The third-order valence-corrected chi connectivity index (χ3v) is 2.90. The van der Waals surface area contributed by atoms with Crippen LogP contribution < -0.4 is 5.73 Å². The van der Waals surface area contributed by atoms with Crippen LogP contribution in [0.2, 0.25) is 0 Å². The molecule has 0 radical (unpaired) electrons. The Morgan fingerprint density at radius 3 is 2.47 bits per heavy atom. The molecule has 0 aromatic heterocycles. The second-order valence-electron chi connectivity index (χ2n) is 5.17. The van der Waals surface area contributed by atoms with E-state index in [0.717, 1.165) is 12.0 Å². The summed E-state index contributed by atoms with van der Waals surface area (Å²) in [6, 6.07) is 7.42. The molecule has 0 bridgehead atoms. The van der Waals surface area contributed by atoms with Gasteiger partial charge in [0.05, 0.1) is 0 Å². The Hall–Kier alpha value is -1.02. The van der Waals surface area contributed by atoms with E-state index in [1.165, 1.54) is 0 Å². The molecule has 0 saturated heterocycles. The van der Waals surface area contributed by atoms with Gasteiger partial charge in [0.25, 0.3) is 0 Å². The lowest BCUT2D eigenvalue weighted by atomic mass is 9.77. The highest BCUT2D eigenvalue weighted by molar-refractivity contribution is 5.27. The van der Waals surface area contributed by atoms with E-state index < -0.39 is 0 Å². The van der Waals surface area contributed by atoms with Crippen molar-refractivity contribution in [1.29, 1.82) is 0 Å². The largest absolute Gasteiger partial charge is 0.508 e. The summed E-state index contributed by atoms with van der Waals surface area (Å²) in [7, 11) is 0. The van der Waals surface area contributed by atoms with E-state index in [1.807, 2.05) is 18.2 Å². The van der Waals surface area contributed by atoms with Crippen LogP contribution in [0.5, 0.6) is 5.75 Å². The van der Waals surface area contributed by atoms with Gasteiger partial charge < -0.3 is 10.8 Å². The van der Waals surface area contributed by atoms with E-state index in [2.05, 4.69) is 20.8 Å². The number of hydrogen-bond donors (Lipinski definition) is 2. The summed E-state index contributed by atoms with van der Waals surface area (Å²) in [5.41, 5.74) is 7.14. The summed E-state index contributed by atoms with van der Waals surface area (Å²) in [4.78, 5) is 0. The van der Waals surface area contributed by atoms with Crippen LogP contribution in [-0.4, -0.2) is 11.7 Å². The van der Waals surface area contributed by atoms with Crippen molar-refractivity contribution in [2.45, 2.75) is 27.2 Å². The van der Waals surface area contributed by atoms with E-state index in [4.69, 9.17) is 5.73 Å². The second kappa shape index (κ2) is 4.67. The fourth-order valence-electron chi connectivity index (χ4n) is 1.71. The van der Waals surface area contributed by atoms with Crippen LogP contribution >= 0.6 is 0 Å². The molecule has 1 rings (SSSR count). The predicted octanol–water partition coefficient (Wildman–Crippen LogP) is 2.56. The molecule has 1 aromatic carbocycles. The summed E-state index contributed by atoms with van der Waals surface area (Å²) >= 11 is 0. The number of rotatable bonds is 3. The van der Waals surface area contributed by atoms with Gasteiger partial charge in [-0.2, -0.15) is 0 Å². The van der Waals surface area contributed by atoms with Gasteiger partial charge in [0.15, 0.2) is 0 Å². The smallest absolute Gasteiger partial charge is 0.115 e. The summed E-state index contributed by atoms with van der Waals surface area (Å²) < 4.78 is 0. The highest BCUT2D eigenvalue weighted by atomic mass is 16.3. The Morgan fingerprint density at radius 2 is 2.00 bits per heavy atom. The second-order valence-corrected chi connectivity index (χ2v) is 5.17. The van der Waals surface area contributed by atoms with Gasteiger partial charge in [-0.05, 0) is 42.0 Å². The molecule has 2 nitrogen and oxygen atoms in total. The zero-order chi connectivity index (χ0) is 11.5. The predicted molar refractivity (Wildman–Crippen MR) is 63.8 cm³/mol. The summed E-state index contributed by atoms with van der Waals surface area (Å²) in [5, 5.41) is 9.37. The minimum atomic E-state index is 0.209. The Morgan fingerprint density at radius 1 is 1.33 bits per heavy atom. The molecule has 1 unspecified atom stereocenters. The molecule has 1 aromatic rings. The van der Waals surface area contributed by atoms with Gasteiger partial charge in [0.2, 0.25) is 0 Å². The molecule has 0 aliphatic heterocycles. The zero-order valence-corrected chi connectivity index (χ0v) is 9.83. The normalized spacial score (nSPS) is 13.9. The zero-order valence-electron chi connectivity index (χ0n) is 9.83. The highest BCUT2D eigenvalue weighted by Crippen LogP contribution is 2.28. The number of benzene rings is 1. The van der Waals surface area contributed by atoms with Crippen LogP contribution in [0.1, 0.15) is 26.3 Å². The minimum absolute atomic E-state index is 0.209. The van der Waals surface area contributed by atoms with Crippen LogP contribution in [0.4, 0.5) is 0 Å². The van der Waals surface area contributed by atoms with Gasteiger partial charge in [-0.25, -0.2) is 0 Å². The SMILES string of the molecule is CC(C)(C)C(CN)Cc1cccc(O)c1. The average molecular weight is 207 g/mol. The summed E-state index contributed by atoms with van der Waals surface area (Å²) in [6.45, 7) is 7.28. The lowest BCUT2D eigenvalue weighted by Crippen LogP contribution is -2.29. The van der Waals surface area contributed by atoms with Crippen molar-refractivity contribution >= 4 is 0 Å². The van der Waals surface area contributed by atoms with Gasteiger partial charge in [-0.3, -0.25) is 0 Å². The maximum atomic E-state index is 9.37. The van der Waals surface area contributed by atoms with Crippen LogP contribution in [-0.2, 0) is 6.42 Å². The molecule has 0 fully saturated rings. The van der Waals surface area contributed by atoms with Gasteiger partial charge in [0, 0.05) is 0 Å². The molecule has 84 valence electrons. The van der Waals surface area contributed by atoms with Crippen molar-refractivity contribution in [3.63, 3.8) is 0 Å². The van der Waals surface area contributed by atoms with E-state index in [-0.39, 0.29) is 5.41 Å². The molecule has 1 atom stereocenters. The van der Waals surface area contributed by atoms with Crippen molar-refractivity contribution in [2.24, 2.45) is 17.1 Å². The first kappa shape index (κ1) is 12.1. The molecule has 0 spiro atoms. The molecular formula is C13H21NO. The van der Waals surface area contributed by atoms with Crippen molar-refractivity contribution < 1.29 is 5.11 Å². The van der Waals surface area contributed by atoms with Crippen molar-refractivity contribution in [2.75, 3.05) is 6.54 Å². The fourth-order valence-corrected chi connectivity index (χ4v) is 1.71. The van der Waals surface area contributed by atoms with Gasteiger partial charge in [-0.15, -0.1) is 0 Å². The Bertz CT molecular complexity index is 315. The van der Waals surface area contributed by atoms with Gasteiger partial charge >= 0.3 is 0 Å². The third kappa shape index (κ3) is 3.56. The lowest BCUT2D eigenvalue weighted by molar-refractivity contribution is 0.245. The van der Waals surface area contributed by atoms with Crippen LogP contribution in [0.25, 0.3) is 0 Å². The summed E-state index contributed by atoms with van der Waals surface area (Å²) in [5.74, 6) is 0.775. The van der Waals surface area contributed by atoms with E-state index in [1.54, 1.807) is 6.07 Å². The lowest BCUT2D eigenvalue weighted by Gasteiger charge is -2.29. The van der Waals surface area contributed by atoms with E-state index in [9.17, 15) is 5.11 Å². The van der Waals surface area contributed by atoms with E-state index >= 15 is 0 Å². The number of phenols is 1. The van der Waals surface area contributed by atoms with Gasteiger partial charge in [-0.1, -0.05) is 32.9 Å². The summed E-state index contributed by atoms with van der Waals surface area (Å²) in [6.07, 6.45) is 0.925.